The normalized spacial score (nSPS) is 23.4. The summed E-state index contributed by atoms with van der Waals surface area (Å²) in [5.74, 6) is 0.672. The second kappa shape index (κ2) is 5.37. The second-order valence-electron chi connectivity index (χ2n) is 4.32. The highest BCUT2D eigenvalue weighted by atomic mass is 16.5. The first-order valence-corrected chi connectivity index (χ1v) is 5.90. The minimum Gasteiger partial charge on any atom is -0.489 e. The van der Waals surface area contributed by atoms with Crippen molar-refractivity contribution < 1.29 is 4.74 Å². The van der Waals surface area contributed by atoms with Crippen LogP contribution in [0.1, 0.15) is 31.2 Å². The summed E-state index contributed by atoms with van der Waals surface area (Å²) in [7, 11) is 0. The van der Waals surface area contributed by atoms with Gasteiger partial charge in [-0.3, -0.25) is 0 Å². The predicted molar refractivity (Wildman–Crippen MR) is 63.1 cm³/mol. The monoisotopic (exact) mass is 226 g/mol. The molecule has 0 bridgehead atoms. The molecule has 17 heavy (non-hydrogen) atoms. The largest absolute Gasteiger partial charge is 0.489 e. The van der Waals surface area contributed by atoms with Crippen molar-refractivity contribution in [3.05, 3.63) is 29.8 Å². The molecule has 0 saturated heterocycles. The molecule has 1 saturated carbocycles. The van der Waals surface area contributed by atoms with E-state index in [4.69, 9.17) is 15.3 Å². The van der Waals surface area contributed by atoms with Gasteiger partial charge in [0.25, 0.3) is 0 Å². The summed E-state index contributed by atoms with van der Waals surface area (Å²) in [6.45, 7) is 0. The van der Waals surface area contributed by atoms with Crippen LogP contribution in [0.3, 0.4) is 0 Å². The van der Waals surface area contributed by atoms with Crippen LogP contribution in [0.15, 0.2) is 24.3 Å². The van der Waals surface area contributed by atoms with E-state index < -0.39 is 0 Å². The molecule has 2 atom stereocenters. The van der Waals surface area contributed by atoms with Crippen LogP contribution in [-0.4, -0.2) is 6.10 Å². The van der Waals surface area contributed by atoms with Crippen LogP contribution < -0.4 is 4.74 Å². The van der Waals surface area contributed by atoms with Crippen molar-refractivity contribution in [1.82, 2.24) is 0 Å². The molecule has 0 N–H and O–H groups in total. The molecule has 1 aromatic rings. The minimum atomic E-state index is -0.0253. The van der Waals surface area contributed by atoms with Crippen molar-refractivity contribution in [1.29, 1.82) is 10.5 Å². The molecular formula is C14H14N2O. The SMILES string of the molecule is N#Cc1cccc(OC2CCCCC2C#N)c1. The van der Waals surface area contributed by atoms with Gasteiger partial charge in [-0.1, -0.05) is 12.5 Å². The summed E-state index contributed by atoms with van der Waals surface area (Å²) in [6.07, 6.45) is 4.04. The number of hydrogen-bond donors (Lipinski definition) is 0. The Morgan fingerprint density at radius 3 is 2.76 bits per heavy atom. The molecule has 0 spiro atoms. The fourth-order valence-electron chi connectivity index (χ4n) is 2.20. The molecule has 0 aliphatic heterocycles. The zero-order chi connectivity index (χ0) is 12.1. The molecule has 0 heterocycles. The molecule has 1 fully saturated rings. The maximum absolute atomic E-state index is 9.06. The Morgan fingerprint density at radius 2 is 2.00 bits per heavy atom. The lowest BCUT2D eigenvalue weighted by atomic mass is 9.87. The molecule has 86 valence electrons. The number of nitrogens with zero attached hydrogens (tertiary/aromatic N) is 2. The number of hydrogen-bond acceptors (Lipinski definition) is 3. The van der Waals surface area contributed by atoms with Crippen LogP contribution in [-0.2, 0) is 0 Å². The van der Waals surface area contributed by atoms with Gasteiger partial charge in [-0.15, -0.1) is 0 Å². The molecule has 0 amide bonds. The predicted octanol–water partition coefficient (Wildman–Crippen LogP) is 3.02. The Balaban J connectivity index is 2.09. The Kier molecular flexibility index (Phi) is 3.62. The van der Waals surface area contributed by atoms with Gasteiger partial charge in [0.2, 0.25) is 0 Å². The van der Waals surface area contributed by atoms with Gasteiger partial charge in [0, 0.05) is 0 Å². The number of benzene rings is 1. The van der Waals surface area contributed by atoms with Crippen LogP contribution in [0.5, 0.6) is 5.75 Å². The number of ether oxygens (including phenoxy) is 1. The Bertz CT molecular complexity index is 470. The molecule has 0 aromatic heterocycles. The molecule has 0 radical (unpaired) electrons. The van der Waals surface area contributed by atoms with Gasteiger partial charge in [0.05, 0.1) is 23.6 Å². The van der Waals surface area contributed by atoms with Crippen LogP contribution in [0.2, 0.25) is 0 Å². The van der Waals surface area contributed by atoms with E-state index in [1.165, 1.54) is 0 Å². The van der Waals surface area contributed by atoms with Crippen molar-refractivity contribution in [2.24, 2.45) is 5.92 Å². The van der Waals surface area contributed by atoms with E-state index in [-0.39, 0.29) is 12.0 Å². The fourth-order valence-corrected chi connectivity index (χ4v) is 2.20. The topological polar surface area (TPSA) is 56.8 Å². The highest BCUT2D eigenvalue weighted by molar-refractivity contribution is 5.36. The summed E-state index contributed by atoms with van der Waals surface area (Å²) in [4.78, 5) is 0. The zero-order valence-corrected chi connectivity index (χ0v) is 9.60. The van der Waals surface area contributed by atoms with Gasteiger partial charge >= 0.3 is 0 Å². The van der Waals surface area contributed by atoms with E-state index >= 15 is 0 Å². The standard InChI is InChI=1S/C14H14N2O/c15-9-11-4-3-6-13(8-11)17-14-7-2-1-5-12(14)10-16/h3-4,6,8,12,14H,1-2,5,7H2. The van der Waals surface area contributed by atoms with Crippen LogP contribution in [0.25, 0.3) is 0 Å². The lowest BCUT2D eigenvalue weighted by Crippen LogP contribution is -2.29. The lowest BCUT2D eigenvalue weighted by molar-refractivity contribution is 0.120. The zero-order valence-electron chi connectivity index (χ0n) is 9.60. The van der Waals surface area contributed by atoms with Gasteiger partial charge in [0.15, 0.2) is 0 Å². The van der Waals surface area contributed by atoms with Crippen molar-refractivity contribution in [3.63, 3.8) is 0 Å². The summed E-state index contributed by atoms with van der Waals surface area (Å²) < 4.78 is 5.83. The van der Waals surface area contributed by atoms with E-state index in [1.54, 1.807) is 18.2 Å². The Morgan fingerprint density at radius 1 is 1.18 bits per heavy atom. The lowest BCUT2D eigenvalue weighted by Gasteiger charge is -2.27. The van der Waals surface area contributed by atoms with E-state index in [1.807, 2.05) is 6.07 Å². The third-order valence-corrected chi connectivity index (χ3v) is 3.12. The number of nitriles is 2. The first-order chi connectivity index (χ1) is 8.33. The van der Waals surface area contributed by atoms with Crippen molar-refractivity contribution >= 4 is 0 Å². The summed E-state index contributed by atoms with van der Waals surface area (Å²) >= 11 is 0. The summed E-state index contributed by atoms with van der Waals surface area (Å²) in [5.41, 5.74) is 0.590. The highest BCUT2D eigenvalue weighted by Gasteiger charge is 2.26. The molecule has 3 nitrogen and oxygen atoms in total. The summed E-state index contributed by atoms with van der Waals surface area (Å²) in [6, 6.07) is 11.5. The van der Waals surface area contributed by atoms with E-state index in [0.29, 0.717) is 11.3 Å². The average Bonchev–Trinajstić information content (AvgIpc) is 2.39. The van der Waals surface area contributed by atoms with E-state index in [0.717, 1.165) is 25.7 Å². The molecule has 3 heteroatoms. The molecular weight excluding hydrogens is 212 g/mol. The first-order valence-electron chi connectivity index (χ1n) is 5.90. The quantitative estimate of drug-likeness (QED) is 0.778. The maximum Gasteiger partial charge on any atom is 0.121 e. The van der Waals surface area contributed by atoms with Gasteiger partial charge in [-0.05, 0) is 37.5 Å². The van der Waals surface area contributed by atoms with Gasteiger partial charge < -0.3 is 4.74 Å². The van der Waals surface area contributed by atoms with E-state index in [9.17, 15) is 0 Å². The van der Waals surface area contributed by atoms with Gasteiger partial charge in [-0.2, -0.15) is 10.5 Å². The van der Waals surface area contributed by atoms with Crippen molar-refractivity contribution in [3.8, 4) is 17.9 Å². The van der Waals surface area contributed by atoms with Crippen LogP contribution in [0, 0.1) is 28.6 Å². The van der Waals surface area contributed by atoms with E-state index in [2.05, 4.69) is 12.1 Å². The Hall–Kier alpha value is -2.00. The molecule has 1 aliphatic carbocycles. The molecule has 1 aromatic carbocycles. The summed E-state index contributed by atoms with van der Waals surface area (Å²) in [5, 5.41) is 17.9. The highest BCUT2D eigenvalue weighted by Crippen LogP contribution is 2.28. The minimum absolute atomic E-state index is 0.0190. The van der Waals surface area contributed by atoms with Crippen molar-refractivity contribution in [2.45, 2.75) is 31.8 Å². The first kappa shape index (κ1) is 11.5. The maximum atomic E-state index is 9.06. The number of rotatable bonds is 2. The third-order valence-electron chi connectivity index (χ3n) is 3.12. The Labute approximate surface area is 101 Å². The van der Waals surface area contributed by atoms with Crippen molar-refractivity contribution in [2.75, 3.05) is 0 Å². The average molecular weight is 226 g/mol. The van der Waals surface area contributed by atoms with Crippen LogP contribution >= 0.6 is 0 Å². The second-order valence-corrected chi connectivity index (χ2v) is 4.32. The van der Waals surface area contributed by atoms with Gasteiger partial charge in [-0.25, -0.2) is 0 Å². The fraction of sp³-hybridized carbons (Fsp3) is 0.429. The van der Waals surface area contributed by atoms with Gasteiger partial charge in [0.1, 0.15) is 11.9 Å². The van der Waals surface area contributed by atoms with Crippen LogP contribution in [0.4, 0.5) is 0 Å². The third kappa shape index (κ3) is 2.77. The molecule has 2 unspecified atom stereocenters. The molecule has 1 aliphatic rings. The smallest absolute Gasteiger partial charge is 0.121 e. The molecule has 2 rings (SSSR count).